The smallest absolute Gasteiger partial charge is 0.213 e. The lowest BCUT2D eigenvalue weighted by Gasteiger charge is -2.29. The molecule has 1 aliphatic carbocycles. The van der Waals surface area contributed by atoms with Gasteiger partial charge in [-0.3, -0.25) is 4.99 Å². The van der Waals surface area contributed by atoms with Crippen LogP contribution < -0.4 is 15.4 Å². The lowest BCUT2D eigenvalue weighted by molar-refractivity contribution is 0.138. The number of methoxy groups -OCH3 is 1. The molecule has 0 amide bonds. The second-order valence-electron chi connectivity index (χ2n) is 6.47. The Bertz CT molecular complexity index is 536. The number of ether oxygens (including phenoxy) is 2. The average molecular weight is 497 g/mol. The molecule has 1 saturated carbocycles. The first-order chi connectivity index (χ1) is 12.2. The summed E-state index contributed by atoms with van der Waals surface area (Å²) in [7, 11) is 3.56. The van der Waals surface area contributed by atoms with Crippen LogP contribution in [0.2, 0.25) is 5.02 Å². The number of halogens is 2. The number of nitrogens with one attached hydrogen (secondary N) is 2. The zero-order chi connectivity index (χ0) is 18.0. The van der Waals surface area contributed by atoms with Crippen molar-refractivity contribution in [1.82, 2.24) is 15.6 Å². The molecule has 0 atom stereocenters. The highest BCUT2D eigenvalue weighted by Gasteiger charge is 2.33. The Balaban J connectivity index is 0.00000338. The second-order valence-corrected chi connectivity index (χ2v) is 6.90. The quantitative estimate of drug-likeness (QED) is 0.237. The average Bonchev–Trinajstić information content (AvgIpc) is 3.10. The minimum atomic E-state index is 0. The van der Waals surface area contributed by atoms with E-state index in [2.05, 4.69) is 20.6 Å². The summed E-state index contributed by atoms with van der Waals surface area (Å²) >= 11 is 5.80. The molecule has 26 heavy (non-hydrogen) atoms. The van der Waals surface area contributed by atoms with E-state index in [0.717, 1.165) is 25.5 Å². The molecule has 1 aromatic rings. The van der Waals surface area contributed by atoms with Gasteiger partial charge in [0.2, 0.25) is 5.88 Å². The van der Waals surface area contributed by atoms with Crippen LogP contribution in [-0.2, 0) is 4.74 Å². The molecule has 1 heterocycles. The topological polar surface area (TPSA) is 67.8 Å². The fourth-order valence-corrected chi connectivity index (χ4v) is 3.34. The maximum atomic E-state index is 5.80. The number of aromatic nitrogens is 1. The highest BCUT2D eigenvalue weighted by atomic mass is 127. The van der Waals surface area contributed by atoms with E-state index in [4.69, 9.17) is 21.1 Å². The summed E-state index contributed by atoms with van der Waals surface area (Å²) in [5.74, 6) is 1.37. The first-order valence-electron chi connectivity index (χ1n) is 8.85. The van der Waals surface area contributed by atoms with Crippen LogP contribution in [0.5, 0.6) is 5.88 Å². The monoisotopic (exact) mass is 496 g/mol. The standard InChI is InChI=1S/C18H29ClN4O2.HI/c1-20-17(21-10-12-25-16-6-5-15(19)13-22-16)23-14-18(9-11-24-2)7-3-4-8-18;/h5-6,13H,3-4,7-12,14H2,1-2H3,(H2,20,21,23);1H. The maximum Gasteiger partial charge on any atom is 0.213 e. The van der Waals surface area contributed by atoms with Crippen LogP contribution in [0.4, 0.5) is 0 Å². The van der Waals surface area contributed by atoms with E-state index in [1.165, 1.54) is 25.7 Å². The highest BCUT2D eigenvalue weighted by molar-refractivity contribution is 14.0. The predicted octanol–water partition coefficient (Wildman–Crippen LogP) is 3.49. The summed E-state index contributed by atoms with van der Waals surface area (Å²) in [6, 6.07) is 3.52. The van der Waals surface area contributed by atoms with E-state index in [0.29, 0.717) is 29.5 Å². The molecule has 1 aromatic heterocycles. The molecule has 2 rings (SSSR count). The number of hydrogen-bond acceptors (Lipinski definition) is 4. The Kier molecular flexibility index (Phi) is 11.2. The summed E-state index contributed by atoms with van der Waals surface area (Å²) in [6.45, 7) is 2.89. The van der Waals surface area contributed by atoms with Gasteiger partial charge in [0, 0.05) is 39.6 Å². The first kappa shape index (κ1) is 23.2. The van der Waals surface area contributed by atoms with Crippen molar-refractivity contribution in [3.8, 4) is 5.88 Å². The number of rotatable bonds is 9. The molecular weight excluding hydrogens is 467 g/mol. The molecule has 6 nitrogen and oxygen atoms in total. The van der Waals surface area contributed by atoms with Gasteiger partial charge in [0.25, 0.3) is 0 Å². The molecule has 8 heteroatoms. The van der Waals surface area contributed by atoms with Crippen molar-refractivity contribution in [2.24, 2.45) is 10.4 Å². The van der Waals surface area contributed by atoms with Crippen LogP contribution in [0.25, 0.3) is 0 Å². The van der Waals surface area contributed by atoms with Gasteiger partial charge in [-0.25, -0.2) is 4.98 Å². The Morgan fingerprint density at radius 3 is 2.65 bits per heavy atom. The van der Waals surface area contributed by atoms with Gasteiger partial charge in [0.1, 0.15) is 6.61 Å². The van der Waals surface area contributed by atoms with Gasteiger partial charge in [0.15, 0.2) is 5.96 Å². The fourth-order valence-electron chi connectivity index (χ4n) is 3.22. The largest absolute Gasteiger partial charge is 0.476 e. The van der Waals surface area contributed by atoms with Crippen molar-refractivity contribution < 1.29 is 9.47 Å². The van der Waals surface area contributed by atoms with Crippen molar-refractivity contribution in [3.05, 3.63) is 23.4 Å². The summed E-state index contributed by atoms with van der Waals surface area (Å²) in [6.07, 6.45) is 7.79. The van der Waals surface area contributed by atoms with Gasteiger partial charge < -0.3 is 20.1 Å². The molecule has 0 saturated heterocycles. The van der Waals surface area contributed by atoms with Gasteiger partial charge in [-0.1, -0.05) is 24.4 Å². The number of nitrogens with zero attached hydrogens (tertiary/aromatic N) is 2. The molecule has 0 aromatic carbocycles. The molecule has 0 aliphatic heterocycles. The third kappa shape index (κ3) is 7.84. The Hall–Kier alpha value is -0.800. The minimum absolute atomic E-state index is 0. The number of pyridine rings is 1. The third-order valence-electron chi connectivity index (χ3n) is 4.70. The van der Waals surface area contributed by atoms with Gasteiger partial charge in [-0.2, -0.15) is 0 Å². The molecule has 0 bridgehead atoms. The summed E-state index contributed by atoms with van der Waals surface area (Å²) < 4.78 is 10.9. The summed E-state index contributed by atoms with van der Waals surface area (Å²) in [5.41, 5.74) is 0.331. The Morgan fingerprint density at radius 1 is 1.27 bits per heavy atom. The molecule has 0 radical (unpaired) electrons. The van der Waals surface area contributed by atoms with E-state index >= 15 is 0 Å². The van der Waals surface area contributed by atoms with Gasteiger partial charge in [-0.05, 0) is 30.7 Å². The SMILES string of the molecule is CN=C(NCCOc1ccc(Cl)cn1)NCC1(CCOC)CCCC1.I. The maximum absolute atomic E-state index is 5.80. The first-order valence-corrected chi connectivity index (χ1v) is 9.23. The molecule has 148 valence electrons. The van der Waals surface area contributed by atoms with Gasteiger partial charge in [0.05, 0.1) is 11.6 Å². The predicted molar refractivity (Wildman–Crippen MR) is 117 cm³/mol. The second kappa shape index (κ2) is 12.6. The van der Waals surface area contributed by atoms with Gasteiger partial charge >= 0.3 is 0 Å². The van der Waals surface area contributed by atoms with E-state index in [1.807, 2.05) is 0 Å². The molecular formula is C18H30ClIN4O2. The normalized spacial score (nSPS) is 16.0. The number of aliphatic imine (C=N–C) groups is 1. The molecule has 0 spiro atoms. The third-order valence-corrected chi connectivity index (χ3v) is 4.92. The van der Waals surface area contributed by atoms with Crippen molar-refractivity contribution in [3.63, 3.8) is 0 Å². The van der Waals surface area contributed by atoms with Crippen molar-refractivity contribution in [1.29, 1.82) is 0 Å². The van der Waals surface area contributed by atoms with Crippen LogP contribution in [-0.4, -0.2) is 51.4 Å². The van der Waals surface area contributed by atoms with E-state index in [9.17, 15) is 0 Å². The zero-order valence-electron chi connectivity index (χ0n) is 15.6. The van der Waals surface area contributed by atoms with Crippen LogP contribution in [0, 0.1) is 5.41 Å². The molecule has 0 unspecified atom stereocenters. The minimum Gasteiger partial charge on any atom is -0.476 e. The van der Waals surface area contributed by atoms with Gasteiger partial charge in [-0.15, -0.1) is 24.0 Å². The van der Waals surface area contributed by atoms with E-state index in [-0.39, 0.29) is 24.0 Å². The van der Waals surface area contributed by atoms with Crippen molar-refractivity contribution >= 4 is 41.5 Å². The van der Waals surface area contributed by atoms with E-state index in [1.54, 1.807) is 32.5 Å². The molecule has 1 fully saturated rings. The zero-order valence-corrected chi connectivity index (χ0v) is 18.7. The van der Waals surface area contributed by atoms with Crippen LogP contribution in [0.15, 0.2) is 23.3 Å². The summed E-state index contributed by atoms with van der Waals surface area (Å²) in [4.78, 5) is 8.39. The van der Waals surface area contributed by atoms with Crippen molar-refractivity contribution in [2.75, 3.05) is 40.5 Å². The number of guanidine groups is 1. The van der Waals surface area contributed by atoms with E-state index < -0.39 is 0 Å². The summed E-state index contributed by atoms with van der Waals surface area (Å²) in [5, 5.41) is 7.34. The van der Waals surface area contributed by atoms with Crippen LogP contribution >= 0.6 is 35.6 Å². The highest BCUT2D eigenvalue weighted by Crippen LogP contribution is 2.40. The molecule has 1 aliphatic rings. The van der Waals surface area contributed by atoms with Crippen molar-refractivity contribution in [2.45, 2.75) is 32.1 Å². The van der Waals surface area contributed by atoms with Crippen LogP contribution in [0.3, 0.4) is 0 Å². The fraction of sp³-hybridized carbons (Fsp3) is 0.667. The Labute approximate surface area is 178 Å². The molecule has 2 N–H and O–H groups in total. The van der Waals surface area contributed by atoms with Crippen LogP contribution in [0.1, 0.15) is 32.1 Å². The number of hydrogen-bond donors (Lipinski definition) is 2. The Morgan fingerprint density at radius 2 is 2.04 bits per heavy atom. The lowest BCUT2D eigenvalue weighted by atomic mass is 9.83. The lowest BCUT2D eigenvalue weighted by Crippen LogP contribution is -2.44.